The maximum atomic E-state index is 3.84. The first-order valence-corrected chi connectivity index (χ1v) is 8.16. The van der Waals surface area contributed by atoms with E-state index < -0.39 is 0 Å². The third-order valence-electron chi connectivity index (χ3n) is 4.93. The number of nitrogens with one attached hydrogen (secondary N) is 1. The fourth-order valence-corrected chi connectivity index (χ4v) is 4.19. The third kappa shape index (κ3) is 2.88. The molecule has 2 saturated heterocycles. The lowest BCUT2D eigenvalue weighted by Gasteiger charge is -2.38. The molecule has 3 rings (SSSR count). The molecule has 0 spiro atoms. The van der Waals surface area contributed by atoms with E-state index in [1.807, 2.05) is 0 Å². The molecular weight excluding hydrogens is 300 g/mol. The Morgan fingerprint density at radius 3 is 2.58 bits per heavy atom. The highest BCUT2D eigenvalue weighted by atomic mass is 79.9. The minimum Gasteiger partial charge on any atom is -0.307 e. The number of hydrogen-bond donors (Lipinski definition) is 1. The predicted octanol–water partition coefficient (Wildman–Crippen LogP) is 3.72. The fourth-order valence-electron chi connectivity index (χ4n) is 3.77. The molecular formula is C16H23BrN2. The average molecular weight is 323 g/mol. The van der Waals surface area contributed by atoms with E-state index in [9.17, 15) is 0 Å². The summed E-state index contributed by atoms with van der Waals surface area (Å²) in [5.74, 6) is 0. The molecule has 0 aromatic heterocycles. The van der Waals surface area contributed by atoms with Crippen LogP contribution in [0.15, 0.2) is 28.7 Å². The monoisotopic (exact) mass is 322 g/mol. The predicted molar refractivity (Wildman–Crippen MR) is 83.3 cm³/mol. The van der Waals surface area contributed by atoms with Crippen LogP contribution >= 0.6 is 15.9 Å². The maximum Gasteiger partial charge on any atom is 0.0294 e. The van der Waals surface area contributed by atoms with Crippen LogP contribution in [0.3, 0.4) is 0 Å². The lowest BCUT2D eigenvalue weighted by Crippen LogP contribution is -2.47. The van der Waals surface area contributed by atoms with Gasteiger partial charge in [-0.3, -0.25) is 0 Å². The smallest absolute Gasteiger partial charge is 0.0294 e. The van der Waals surface area contributed by atoms with Crippen molar-refractivity contribution in [2.24, 2.45) is 0 Å². The highest BCUT2D eigenvalue weighted by Gasteiger charge is 2.38. The fraction of sp³-hybridized carbons (Fsp3) is 0.625. The summed E-state index contributed by atoms with van der Waals surface area (Å²) in [7, 11) is 2.30. The Balaban J connectivity index is 1.63. The topological polar surface area (TPSA) is 15.3 Å². The van der Waals surface area contributed by atoms with Crippen molar-refractivity contribution in [1.82, 2.24) is 10.2 Å². The molecule has 0 amide bonds. The molecule has 0 radical (unpaired) electrons. The Kier molecular flexibility index (Phi) is 3.97. The molecule has 0 saturated carbocycles. The van der Waals surface area contributed by atoms with E-state index in [2.05, 4.69) is 64.4 Å². The van der Waals surface area contributed by atoms with E-state index >= 15 is 0 Å². The van der Waals surface area contributed by atoms with E-state index in [0.29, 0.717) is 12.1 Å². The number of hydrogen-bond acceptors (Lipinski definition) is 2. The number of benzene rings is 1. The largest absolute Gasteiger partial charge is 0.307 e. The second-order valence-electron chi connectivity index (χ2n) is 6.16. The Morgan fingerprint density at radius 2 is 1.95 bits per heavy atom. The summed E-state index contributed by atoms with van der Waals surface area (Å²) < 4.78 is 1.17. The van der Waals surface area contributed by atoms with Crippen LogP contribution in [0.2, 0.25) is 0 Å². The van der Waals surface area contributed by atoms with E-state index in [4.69, 9.17) is 0 Å². The third-order valence-corrected chi connectivity index (χ3v) is 5.43. The second kappa shape index (κ2) is 5.55. The van der Waals surface area contributed by atoms with Gasteiger partial charge in [0.1, 0.15) is 0 Å². The van der Waals surface area contributed by atoms with Crippen molar-refractivity contribution in [3.8, 4) is 0 Å². The Hall–Kier alpha value is -0.380. The molecule has 1 aromatic rings. The number of piperidine rings is 1. The van der Waals surface area contributed by atoms with Crippen molar-refractivity contribution in [1.29, 1.82) is 0 Å². The summed E-state index contributed by atoms with van der Waals surface area (Å²) in [6, 6.07) is 11.4. The van der Waals surface area contributed by atoms with Crippen LogP contribution in [0, 0.1) is 0 Å². The molecule has 0 aliphatic carbocycles. The van der Waals surface area contributed by atoms with Gasteiger partial charge in [-0.05, 0) is 57.4 Å². The zero-order valence-corrected chi connectivity index (χ0v) is 13.4. The van der Waals surface area contributed by atoms with Crippen LogP contribution in [-0.2, 0) is 0 Å². The summed E-state index contributed by atoms with van der Waals surface area (Å²) in [5.41, 5.74) is 1.38. The van der Waals surface area contributed by atoms with Gasteiger partial charge in [0.25, 0.3) is 0 Å². The molecule has 2 bridgehead atoms. The van der Waals surface area contributed by atoms with Crippen LogP contribution in [0.25, 0.3) is 0 Å². The van der Waals surface area contributed by atoms with Crippen molar-refractivity contribution >= 4 is 15.9 Å². The van der Waals surface area contributed by atoms with Gasteiger partial charge in [0.05, 0.1) is 0 Å². The molecule has 2 nitrogen and oxygen atoms in total. The van der Waals surface area contributed by atoms with Gasteiger partial charge < -0.3 is 10.2 Å². The number of rotatable bonds is 3. The van der Waals surface area contributed by atoms with Gasteiger partial charge in [-0.25, -0.2) is 0 Å². The van der Waals surface area contributed by atoms with Crippen molar-refractivity contribution in [2.75, 3.05) is 7.05 Å². The van der Waals surface area contributed by atoms with Gasteiger partial charge in [0.2, 0.25) is 0 Å². The van der Waals surface area contributed by atoms with Gasteiger partial charge in [-0.1, -0.05) is 28.1 Å². The highest BCUT2D eigenvalue weighted by molar-refractivity contribution is 9.10. The Labute approximate surface area is 124 Å². The van der Waals surface area contributed by atoms with Crippen molar-refractivity contribution in [3.63, 3.8) is 0 Å². The summed E-state index contributed by atoms with van der Waals surface area (Å²) in [6.07, 6.45) is 5.41. The van der Waals surface area contributed by atoms with Crippen LogP contribution < -0.4 is 5.32 Å². The van der Waals surface area contributed by atoms with Gasteiger partial charge in [-0.15, -0.1) is 0 Å². The Bertz CT molecular complexity index is 434. The molecule has 2 aliphatic heterocycles. The molecule has 2 unspecified atom stereocenters. The number of halogens is 1. The molecule has 1 aromatic carbocycles. The average Bonchev–Trinajstić information content (AvgIpc) is 2.62. The molecule has 3 heteroatoms. The minimum absolute atomic E-state index is 0.435. The molecule has 3 atom stereocenters. The summed E-state index contributed by atoms with van der Waals surface area (Å²) >= 11 is 3.56. The zero-order chi connectivity index (χ0) is 13.4. The summed E-state index contributed by atoms with van der Waals surface area (Å²) in [6.45, 7) is 2.28. The second-order valence-corrected chi connectivity index (χ2v) is 7.08. The van der Waals surface area contributed by atoms with Gasteiger partial charge in [-0.2, -0.15) is 0 Å². The van der Waals surface area contributed by atoms with Gasteiger partial charge in [0.15, 0.2) is 0 Å². The summed E-state index contributed by atoms with van der Waals surface area (Å²) in [5, 5.41) is 3.84. The molecule has 1 N–H and O–H groups in total. The standard InChI is InChI=1S/C16H23BrN2/c1-11(12-4-3-5-13(17)8-12)18-14-9-15-6-7-16(10-14)19(15)2/h3-5,8,11,14-16,18H,6-7,9-10H2,1-2H3/t11-,14?,15?,16?/m0/s1. The van der Waals surface area contributed by atoms with Crippen molar-refractivity contribution in [3.05, 3.63) is 34.3 Å². The van der Waals surface area contributed by atoms with Crippen LogP contribution in [0.5, 0.6) is 0 Å². The molecule has 2 heterocycles. The lowest BCUT2D eigenvalue weighted by molar-refractivity contribution is 0.144. The van der Waals surface area contributed by atoms with Crippen LogP contribution in [0.1, 0.15) is 44.2 Å². The van der Waals surface area contributed by atoms with E-state index in [-0.39, 0.29) is 0 Å². The van der Waals surface area contributed by atoms with Crippen molar-refractivity contribution < 1.29 is 0 Å². The highest BCUT2D eigenvalue weighted by Crippen LogP contribution is 2.35. The SMILES string of the molecule is C[C@H](NC1CC2CCC(C1)N2C)c1cccc(Br)c1. The quantitative estimate of drug-likeness (QED) is 0.912. The molecule has 2 aliphatic rings. The first-order chi connectivity index (χ1) is 9.13. The molecule has 104 valence electrons. The van der Waals surface area contributed by atoms with Gasteiger partial charge >= 0.3 is 0 Å². The maximum absolute atomic E-state index is 3.84. The number of nitrogens with zero attached hydrogens (tertiary/aromatic N) is 1. The normalized spacial score (nSPS) is 32.5. The van der Waals surface area contributed by atoms with Gasteiger partial charge in [0, 0.05) is 28.6 Å². The Morgan fingerprint density at radius 1 is 1.26 bits per heavy atom. The zero-order valence-electron chi connectivity index (χ0n) is 11.8. The summed E-state index contributed by atoms with van der Waals surface area (Å²) in [4.78, 5) is 2.60. The first kappa shape index (κ1) is 13.6. The van der Waals surface area contributed by atoms with E-state index in [1.54, 1.807) is 0 Å². The lowest BCUT2D eigenvalue weighted by atomic mass is 9.96. The van der Waals surface area contributed by atoms with Crippen LogP contribution in [0.4, 0.5) is 0 Å². The van der Waals surface area contributed by atoms with E-state index in [0.717, 1.165) is 12.1 Å². The van der Waals surface area contributed by atoms with E-state index in [1.165, 1.54) is 35.7 Å². The molecule has 19 heavy (non-hydrogen) atoms. The molecule has 2 fully saturated rings. The first-order valence-electron chi connectivity index (χ1n) is 7.37. The minimum atomic E-state index is 0.435. The number of fused-ring (bicyclic) bond motifs is 2. The van der Waals surface area contributed by atoms with Crippen molar-refractivity contribution in [2.45, 2.75) is 56.8 Å². The van der Waals surface area contributed by atoms with Crippen LogP contribution in [-0.4, -0.2) is 30.1 Å².